The van der Waals surface area contributed by atoms with Gasteiger partial charge in [0.1, 0.15) is 23.0 Å². The topological polar surface area (TPSA) is 88.5 Å². The molecule has 2 heterocycles. The van der Waals surface area contributed by atoms with Crippen LogP contribution in [0.5, 0.6) is 17.2 Å². The summed E-state index contributed by atoms with van der Waals surface area (Å²) in [5, 5.41) is 11.5. The average molecular weight is 543 g/mol. The average Bonchev–Trinajstić information content (AvgIpc) is 3.23. The van der Waals surface area contributed by atoms with Crippen LogP contribution in [0.25, 0.3) is 5.76 Å². The number of hydrogen-bond donors (Lipinski definition) is 1. The molecule has 3 aromatic rings. The SMILES string of the molecule is COc1ccc(C(O)=C2C(=O)C(=O)N(CCCN3CCOCC3)[C@@H]2c2cccc(Oc3ccccc3)c2)cc1C. The van der Waals surface area contributed by atoms with Crippen LogP contribution in [-0.2, 0) is 14.3 Å². The first-order chi connectivity index (χ1) is 19.5. The number of likely N-dealkylation sites (tertiary alicyclic amines) is 1. The number of ketones is 1. The molecule has 2 aliphatic rings. The van der Waals surface area contributed by atoms with Crippen molar-refractivity contribution < 1.29 is 28.9 Å². The monoisotopic (exact) mass is 542 g/mol. The molecule has 0 unspecified atom stereocenters. The predicted molar refractivity (Wildman–Crippen MR) is 152 cm³/mol. The van der Waals surface area contributed by atoms with E-state index in [1.54, 1.807) is 30.2 Å². The fourth-order valence-electron chi connectivity index (χ4n) is 5.30. The molecule has 2 fully saturated rings. The lowest BCUT2D eigenvalue weighted by molar-refractivity contribution is -0.140. The smallest absolute Gasteiger partial charge is 0.295 e. The van der Waals surface area contributed by atoms with Gasteiger partial charge in [0.05, 0.1) is 31.9 Å². The lowest BCUT2D eigenvalue weighted by Crippen LogP contribution is -2.38. The van der Waals surface area contributed by atoms with Gasteiger partial charge in [-0.2, -0.15) is 0 Å². The molecule has 2 saturated heterocycles. The summed E-state index contributed by atoms with van der Waals surface area (Å²) in [6.45, 7) is 6.10. The second-order valence-corrected chi connectivity index (χ2v) is 9.97. The van der Waals surface area contributed by atoms with Gasteiger partial charge < -0.3 is 24.2 Å². The molecular formula is C32H34N2O6. The fraction of sp³-hybridized carbons (Fsp3) is 0.312. The molecule has 0 aromatic heterocycles. The van der Waals surface area contributed by atoms with Gasteiger partial charge in [-0.05, 0) is 66.9 Å². The molecule has 0 bridgehead atoms. The maximum absolute atomic E-state index is 13.5. The molecule has 5 rings (SSSR count). The molecule has 208 valence electrons. The number of nitrogens with zero attached hydrogens (tertiary/aromatic N) is 2. The molecule has 1 N–H and O–H groups in total. The third-order valence-electron chi connectivity index (χ3n) is 7.34. The van der Waals surface area contributed by atoms with Crippen molar-refractivity contribution in [3.05, 3.63) is 95.1 Å². The minimum Gasteiger partial charge on any atom is -0.507 e. The Kier molecular flexibility index (Phi) is 8.48. The van der Waals surface area contributed by atoms with Gasteiger partial charge in [0, 0.05) is 31.7 Å². The molecule has 1 amide bonds. The zero-order valence-corrected chi connectivity index (χ0v) is 22.8. The number of morpholine rings is 1. The second kappa shape index (κ2) is 12.4. The van der Waals surface area contributed by atoms with Crippen molar-refractivity contribution in [3.8, 4) is 17.2 Å². The van der Waals surface area contributed by atoms with Crippen molar-refractivity contribution in [1.82, 2.24) is 9.80 Å². The standard InChI is InChI=1S/C32H34N2O6/c1-22-20-24(12-13-27(22)38-2)30(35)28-29(23-8-6-11-26(21-23)40-25-9-4-3-5-10-25)34(32(37)31(28)36)15-7-14-33-16-18-39-19-17-33/h3-6,8-13,20-21,29,35H,7,14-19H2,1-2H3/t29-/m1/s1. The quantitative estimate of drug-likeness (QED) is 0.233. The number of amides is 1. The number of benzene rings is 3. The van der Waals surface area contributed by atoms with E-state index in [9.17, 15) is 14.7 Å². The van der Waals surface area contributed by atoms with Crippen LogP contribution in [0.1, 0.15) is 29.2 Å². The lowest BCUT2D eigenvalue weighted by atomic mass is 9.94. The lowest BCUT2D eigenvalue weighted by Gasteiger charge is -2.29. The van der Waals surface area contributed by atoms with E-state index in [1.807, 2.05) is 61.5 Å². The summed E-state index contributed by atoms with van der Waals surface area (Å²) in [4.78, 5) is 30.7. The summed E-state index contributed by atoms with van der Waals surface area (Å²) in [7, 11) is 1.58. The zero-order valence-electron chi connectivity index (χ0n) is 22.8. The molecule has 0 aliphatic carbocycles. The van der Waals surface area contributed by atoms with E-state index >= 15 is 0 Å². The third-order valence-corrected chi connectivity index (χ3v) is 7.34. The largest absolute Gasteiger partial charge is 0.507 e. The first-order valence-corrected chi connectivity index (χ1v) is 13.5. The molecule has 3 aromatic carbocycles. The van der Waals surface area contributed by atoms with Gasteiger partial charge in [0.15, 0.2) is 0 Å². The Morgan fingerprint density at radius 1 is 0.950 bits per heavy atom. The molecule has 0 spiro atoms. The van der Waals surface area contributed by atoms with Crippen LogP contribution in [-0.4, -0.2) is 73.1 Å². The molecule has 8 heteroatoms. The highest BCUT2D eigenvalue weighted by Crippen LogP contribution is 2.41. The summed E-state index contributed by atoms with van der Waals surface area (Å²) in [5.74, 6) is 0.391. The molecule has 40 heavy (non-hydrogen) atoms. The summed E-state index contributed by atoms with van der Waals surface area (Å²) in [6.07, 6.45) is 0.686. The van der Waals surface area contributed by atoms with E-state index in [4.69, 9.17) is 14.2 Å². The summed E-state index contributed by atoms with van der Waals surface area (Å²) in [6, 6.07) is 21.2. The summed E-state index contributed by atoms with van der Waals surface area (Å²) < 4.78 is 16.8. The minimum atomic E-state index is -0.758. The maximum Gasteiger partial charge on any atom is 0.295 e. The normalized spacial score (nSPS) is 19.1. The molecule has 8 nitrogen and oxygen atoms in total. The zero-order chi connectivity index (χ0) is 28.1. The Hall–Kier alpha value is -4.14. The van der Waals surface area contributed by atoms with E-state index < -0.39 is 17.7 Å². The first-order valence-electron chi connectivity index (χ1n) is 13.5. The highest BCUT2D eigenvalue weighted by atomic mass is 16.5. The number of aliphatic hydroxyl groups excluding tert-OH is 1. The second-order valence-electron chi connectivity index (χ2n) is 9.97. The summed E-state index contributed by atoms with van der Waals surface area (Å²) >= 11 is 0. The van der Waals surface area contributed by atoms with Crippen molar-refractivity contribution >= 4 is 17.4 Å². The maximum atomic E-state index is 13.5. The minimum absolute atomic E-state index is 0.0674. The van der Waals surface area contributed by atoms with E-state index in [1.165, 1.54) is 0 Å². The van der Waals surface area contributed by atoms with Gasteiger partial charge >= 0.3 is 0 Å². The number of para-hydroxylation sites is 1. The van der Waals surface area contributed by atoms with Gasteiger partial charge in [-0.3, -0.25) is 14.5 Å². The van der Waals surface area contributed by atoms with E-state index in [-0.39, 0.29) is 11.3 Å². The first kappa shape index (κ1) is 27.4. The number of ether oxygens (including phenoxy) is 3. The number of carbonyl (C=O) groups excluding carboxylic acids is 2. The van der Waals surface area contributed by atoms with Gasteiger partial charge in [0.25, 0.3) is 11.7 Å². The molecule has 1 atom stereocenters. The van der Waals surface area contributed by atoms with Crippen molar-refractivity contribution in [2.45, 2.75) is 19.4 Å². The number of Topliss-reactive ketones (excluding diaryl/α,β-unsaturated/α-hetero) is 1. The van der Waals surface area contributed by atoms with Crippen LogP contribution < -0.4 is 9.47 Å². The highest BCUT2D eigenvalue weighted by molar-refractivity contribution is 6.46. The molecular weight excluding hydrogens is 508 g/mol. The predicted octanol–water partition coefficient (Wildman–Crippen LogP) is 4.94. The number of hydrogen-bond acceptors (Lipinski definition) is 7. The van der Waals surface area contributed by atoms with Gasteiger partial charge in [-0.25, -0.2) is 0 Å². The molecule has 2 aliphatic heterocycles. The number of methoxy groups -OCH3 is 1. The van der Waals surface area contributed by atoms with Crippen LogP contribution in [0.2, 0.25) is 0 Å². The third kappa shape index (κ3) is 5.88. The van der Waals surface area contributed by atoms with Gasteiger partial charge in [-0.15, -0.1) is 0 Å². The highest BCUT2D eigenvalue weighted by Gasteiger charge is 2.46. The van der Waals surface area contributed by atoms with Gasteiger partial charge in [0.2, 0.25) is 0 Å². The van der Waals surface area contributed by atoms with Gasteiger partial charge in [-0.1, -0.05) is 30.3 Å². The number of aliphatic hydroxyl groups is 1. The summed E-state index contributed by atoms with van der Waals surface area (Å²) in [5.41, 5.74) is 2.01. The number of carbonyl (C=O) groups is 2. The van der Waals surface area contributed by atoms with Crippen LogP contribution in [0.3, 0.4) is 0 Å². The van der Waals surface area contributed by atoms with Crippen molar-refractivity contribution in [2.75, 3.05) is 46.5 Å². The van der Waals surface area contributed by atoms with Crippen LogP contribution in [0, 0.1) is 6.92 Å². The van der Waals surface area contributed by atoms with Crippen molar-refractivity contribution in [2.24, 2.45) is 0 Å². The Morgan fingerprint density at radius 3 is 2.42 bits per heavy atom. The van der Waals surface area contributed by atoms with Crippen LogP contribution >= 0.6 is 0 Å². The van der Waals surface area contributed by atoms with E-state index in [0.717, 1.165) is 25.2 Å². The van der Waals surface area contributed by atoms with Crippen LogP contribution in [0.15, 0.2) is 78.4 Å². The Labute approximate surface area is 234 Å². The van der Waals surface area contributed by atoms with E-state index in [2.05, 4.69) is 4.90 Å². The number of rotatable bonds is 9. The van der Waals surface area contributed by atoms with Crippen molar-refractivity contribution in [3.63, 3.8) is 0 Å². The van der Waals surface area contributed by atoms with Crippen LogP contribution in [0.4, 0.5) is 0 Å². The molecule has 0 saturated carbocycles. The Morgan fingerprint density at radius 2 is 1.70 bits per heavy atom. The molecule has 0 radical (unpaired) electrons. The fourth-order valence-corrected chi connectivity index (χ4v) is 5.30. The van der Waals surface area contributed by atoms with E-state index in [0.29, 0.717) is 54.6 Å². The van der Waals surface area contributed by atoms with Crippen molar-refractivity contribution in [1.29, 1.82) is 0 Å². The number of aryl methyl sites for hydroxylation is 1. The Bertz CT molecular complexity index is 1400. The Balaban J connectivity index is 1.51.